The molecule has 0 spiro atoms. The summed E-state index contributed by atoms with van der Waals surface area (Å²) in [5, 5.41) is 11.4. The van der Waals surface area contributed by atoms with Crippen LogP contribution in [0.2, 0.25) is 0 Å². The Morgan fingerprint density at radius 1 is 1.03 bits per heavy atom. The number of rotatable bonds is 6. The van der Waals surface area contributed by atoms with E-state index in [1.807, 2.05) is 42.5 Å². The zero-order valence-corrected chi connectivity index (χ0v) is 17.9. The van der Waals surface area contributed by atoms with Crippen molar-refractivity contribution in [2.75, 3.05) is 25.0 Å². The number of aromatic nitrogens is 2. The van der Waals surface area contributed by atoms with Crippen LogP contribution >= 0.6 is 0 Å². The molecule has 2 heterocycles. The zero-order chi connectivity index (χ0) is 22.8. The third kappa shape index (κ3) is 4.35. The summed E-state index contributed by atoms with van der Waals surface area (Å²) >= 11 is 0. The van der Waals surface area contributed by atoms with E-state index in [0.29, 0.717) is 36.5 Å². The number of anilines is 1. The monoisotopic (exact) mass is 442 g/mol. The van der Waals surface area contributed by atoms with Crippen LogP contribution in [0.5, 0.6) is 0 Å². The van der Waals surface area contributed by atoms with Gasteiger partial charge in [-0.05, 0) is 35.9 Å². The molecular formula is C26H23FN4O2. The number of likely N-dealkylation sites (tertiary alicyclic amines) is 1. The molecule has 166 valence electrons. The van der Waals surface area contributed by atoms with Crippen LogP contribution in [0.25, 0.3) is 10.8 Å². The standard InChI is InChI=1S/C26H23FN4O2/c27-23-11-10-17(13-24-20-8-4-5-9-21(20)25(32)30-29-24)12-22(23)26(33)31-15-18(16-31)14-28-19-6-2-1-3-7-19/h1-12,18,28H,13-16H2,(H,30,32). The Balaban J connectivity index is 1.27. The van der Waals surface area contributed by atoms with Crippen LogP contribution in [0.15, 0.2) is 77.6 Å². The Labute approximate surface area is 190 Å². The Morgan fingerprint density at radius 3 is 2.55 bits per heavy atom. The van der Waals surface area contributed by atoms with Gasteiger partial charge in [0.05, 0.1) is 16.6 Å². The predicted molar refractivity (Wildman–Crippen MR) is 126 cm³/mol. The van der Waals surface area contributed by atoms with Crippen molar-refractivity contribution in [3.63, 3.8) is 0 Å². The van der Waals surface area contributed by atoms with E-state index in [4.69, 9.17) is 0 Å². The van der Waals surface area contributed by atoms with E-state index in [2.05, 4.69) is 15.5 Å². The van der Waals surface area contributed by atoms with Gasteiger partial charge >= 0.3 is 0 Å². The minimum atomic E-state index is -0.533. The second-order valence-electron chi connectivity index (χ2n) is 8.36. The lowest BCUT2D eigenvalue weighted by molar-refractivity contribution is 0.0517. The summed E-state index contributed by atoms with van der Waals surface area (Å²) in [5.74, 6) is -0.504. The molecule has 1 aliphatic rings. The second kappa shape index (κ2) is 8.86. The van der Waals surface area contributed by atoms with Crippen LogP contribution in [0.1, 0.15) is 21.6 Å². The first kappa shape index (κ1) is 20.9. The predicted octanol–water partition coefficient (Wildman–Crippen LogP) is 3.84. The van der Waals surface area contributed by atoms with Gasteiger partial charge in [0.1, 0.15) is 5.82 Å². The normalized spacial score (nSPS) is 13.7. The van der Waals surface area contributed by atoms with Gasteiger partial charge < -0.3 is 10.2 Å². The number of nitrogens with one attached hydrogen (secondary N) is 2. The Morgan fingerprint density at radius 2 is 1.76 bits per heavy atom. The topological polar surface area (TPSA) is 78.1 Å². The quantitative estimate of drug-likeness (QED) is 0.476. The molecule has 3 aromatic carbocycles. The van der Waals surface area contributed by atoms with Crippen LogP contribution in [0.3, 0.4) is 0 Å². The SMILES string of the molecule is O=C(c1cc(Cc2n[nH]c(=O)c3ccccc23)ccc1F)N1CC(CNc2ccccc2)C1. The maximum Gasteiger partial charge on any atom is 0.272 e. The first-order valence-electron chi connectivity index (χ1n) is 10.9. The highest BCUT2D eigenvalue weighted by Crippen LogP contribution is 2.23. The van der Waals surface area contributed by atoms with Crippen molar-refractivity contribution in [3.05, 3.63) is 106 Å². The zero-order valence-electron chi connectivity index (χ0n) is 17.9. The maximum absolute atomic E-state index is 14.5. The molecule has 0 radical (unpaired) electrons. The Hall–Kier alpha value is -4.00. The van der Waals surface area contributed by atoms with Gasteiger partial charge in [0, 0.05) is 43.0 Å². The number of aromatic amines is 1. The molecule has 0 unspecified atom stereocenters. The highest BCUT2D eigenvalue weighted by Gasteiger charge is 2.32. The molecular weight excluding hydrogens is 419 g/mol. The molecule has 6 nitrogen and oxygen atoms in total. The van der Waals surface area contributed by atoms with E-state index in [-0.39, 0.29) is 17.0 Å². The van der Waals surface area contributed by atoms with E-state index >= 15 is 0 Å². The van der Waals surface area contributed by atoms with Crippen molar-refractivity contribution >= 4 is 22.4 Å². The summed E-state index contributed by atoms with van der Waals surface area (Å²) in [4.78, 5) is 26.6. The maximum atomic E-state index is 14.5. The summed E-state index contributed by atoms with van der Waals surface area (Å²) in [5.41, 5.74) is 2.29. The van der Waals surface area contributed by atoms with Crippen molar-refractivity contribution in [2.24, 2.45) is 5.92 Å². The van der Waals surface area contributed by atoms with Gasteiger partial charge in [-0.15, -0.1) is 0 Å². The summed E-state index contributed by atoms with van der Waals surface area (Å²) < 4.78 is 14.5. The fourth-order valence-corrected chi connectivity index (χ4v) is 4.20. The molecule has 1 aliphatic heterocycles. The molecule has 1 fully saturated rings. The highest BCUT2D eigenvalue weighted by molar-refractivity contribution is 5.95. The van der Waals surface area contributed by atoms with Crippen LogP contribution in [-0.2, 0) is 6.42 Å². The van der Waals surface area contributed by atoms with Crippen LogP contribution in [-0.4, -0.2) is 40.6 Å². The molecule has 2 N–H and O–H groups in total. The fraction of sp³-hybridized carbons (Fsp3) is 0.192. The molecule has 33 heavy (non-hydrogen) atoms. The second-order valence-corrected chi connectivity index (χ2v) is 8.36. The van der Waals surface area contributed by atoms with Crippen molar-refractivity contribution in [3.8, 4) is 0 Å². The van der Waals surface area contributed by atoms with E-state index in [0.717, 1.165) is 23.2 Å². The van der Waals surface area contributed by atoms with Crippen molar-refractivity contribution in [1.82, 2.24) is 15.1 Å². The van der Waals surface area contributed by atoms with Gasteiger partial charge in [0.2, 0.25) is 0 Å². The number of halogens is 1. The number of H-pyrrole nitrogens is 1. The van der Waals surface area contributed by atoms with Crippen molar-refractivity contribution < 1.29 is 9.18 Å². The Kier molecular flexibility index (Phi) is 5.60. The summed E-state index contributed by atoms with van der Waals surface area (Å²) in [6.45, 7) is 1.95. The number of benzene rings is 3. The van der Waals surface area contributed by atoms with Crippen LogP contribution in [0, 0.1) is 11.7 Å². The van der Waals surface area contributed by atoms with Gasteiger partial charge in [-0.3, -0.25) is 9.59 Å². The molecule has 0 atom stereocenters. The number of hydrogen-bond donors (Lipinski definition) is 2. The lowest BCUT2D eigenvalue weighted by atomic mass is 9.97. The van der Waals surface area contributed by atoms with Crippen molar-refractivity contribution in [1.29, 1.82) is 0 Å². The van der Waals surface area contributed by atoms with E-state index in [1.54, 1.807) is 29.2 Å². The molecule has 7 heteroatoms. The molecule has 1 aromatic heterocycles. The van der Waals surface area contributed by atoms with E-state index in [9.17, 15) is 14.0 Å². The van der Waals surface area contributed by atoms with Gasteiger partial charge in [0.15, 0.2) is 0 Å². The van der Waals surface area contributed by atoms with Gasteiger partial charge in [-0.25, -0.2) is 9.49 Å². The molecule has 0 bridgehead atoms. The average Bonchev–Trinajstić information content (AvgIpc) is 2.82. The number of nitrogens with zero attached hydrogens (tertiary/aromatic N) is 2. The number of carbonyl (C=O) groups excluding carboxylic acids is 1. The molecule has 0 saturated carbocycles. The number of para-hydroxylation sites is 1. The van der Waals surface area contributed by atoms with Gasteiger partial charge in [-0.1, -0.05) is 42.5 Å². The van der Waals surface area contributed by atoms with Gasteiger partial charge in [0.25, 0.3) is 11.5 Å². The number of amides is 1. The minimum absolute atomic E-state index is 0.0655. The number of carbonyl (C=O) groups is 1. The van der Waals surface area contributed by atoms with E-state index < -0.39 is 5.82 Å². The van der Waals surface area contributed by atoms with E-state index in [1.165, 1.54) is 6.07 Å². The Bertz CT molecular complexity index is 1360. The molecule has 1 amide bonds. The largest absolute Gasteiger partial charge is 0.385 e. The third-order valence-corrected chi connectivity index (χ3v) is 6.02. The molecule has 5 rings (SSSR count). The number of fused-ring (bicyclic) bond motifs is 1. The fourth-order valence-electron chi connectivity index (χ4n) is 4.20. The van der Waals surface area contributed by atoms with Crippen LogP contribution in [0.4, 0.5) is 10.1 Å². The highest BCUT2D eigenvalue weighted by atomic mass is 19.1. The lowest BCUT2D eigenvalue weighted by Crippen LogP contribution is -2.52. The smallest absolute Gasteiger partial charge is 0.272 e. The molecule has 4 aromatic rings. The summed E-state index contributed by atoms with van der Waals surface area (Å²) in [6.07, 6.45) is 0.376. The number of hydrogen-bond acceptors (Lipinski definition) is 4. The first-order chi connectivity index (χ1) is 16.1. The summed E-state index contributed by atoms with van der Waals surface area (Å²) in [6, 6.07) is 21.7. The molecule has 0 aliphatic carbocycles. The average molecular weight is 442 g/mol. The third-order valence-electron chi connectivity index (χ3n) is 6.02. The first-order valence-corrected chi connectivity index (χ1v) is 10.9. The van der Waals surface area contributed by atoms with Gasteiger partial charge in [-0.2, -0.15) is 5.10 Å². The molecule has 1 saturated heterocycles. The summed E-state index contributed by atoms with van der Waals surface area (Å²) in [7, 11) is 0. The lowest BCUT2D eigenvalue weighted by Gasteiger charge is -2.39. The van der Waals surface area contributed by atoms with Crippen molar-refractivity contribution in [2.45, 2.75) is 6.42 Å². The van der Waals surface area contributed by atoms with Crippen LogP contribution < -0.4 is 10.9 Å². The minimum Gasteiger partial charge on any atom is -0.385 e.